The van der Waals surface area contributed by atoms with Crippen LogP contribution in [0.5, 0.6) is 5.75 Å². The van der Waals surface area contributed by atoms with Crippen LogP contribution in [0, 0.1) is 19.8 Å². The van der Waals surface area contributed by atoms with Crippen molar-refractivity contribution < 1.29 is 27.8 Å². The number of hydrogen-bond donors (Lipinski definition) is 1. The number of nitrogens with zero attached hydrogens (tertiary/aromatic N) is 2. The Labute approximate surface area is 160 Å². The molecule has 0 bridgehead atoms. The lowest BCUT2D eigenvalue weighted by Crippen LogP contribution is -2.49. The Balaban J connectivity index is 1.64. The van der Waals surface area contributed by atoms with Crippen molar-refractivity contribution in [3.8, 4) is 5.75 Å². The number of ether oxygens (including phenoxy) is 1. The van der Waals surface area contributed by atoms with Crippen molar-refractivity contribution in [3.05, 3.63) is 58.4 Å². The maximum absolute atomic E-state index is 12.8. The highest BCUT2D eigenvalue weighted by molar-refractivity contribution is 5.71. The van der Waals surface area contributed by atoms with Crippen molar-refractivity contribution in [2.75, 3.05) is 13.1 Å². The van der Waals surface area contributed by atoms with Gasteiger partial charge in [0.05, 0.1) is 11.6 Å². The lowest BCUT2D eigenvalue weighted by Gasteiger charge is -2.37. The molecule has 1 saturated heterocycles. The van der Waals surface area contributed by atoms with Gasteiger partial charge in [-0.2, -0.15) is 13.2 Å². The molecule has 1 aromatic carbocycles. The van der Waals surface area contributed by atoms with Crippen LogP contribution in [0.3, 0.4) is 0 Å². The number of alkyl halides is 3. The molecule has 0 spiro atoms. The number of aromatic nitrogens is 1. The summed E-state index contributed by atoms with van der Waals surface area (Å²) in [6, 6.07) is 7.56. The minimum atomic E-state index is -4.49. The Morgan fingerprint density at radius 1 is 1.25 bits per heavy atom. The molecule has 3 rings (SSSR count). The van der Waals surface area contributed by atoms with E-state index in [-0.39, 0.29) is 18.2 Å². The second kappa shape index (κ2) is 7.79. The predicted octanol–water partition coefficient (Wildman–Crippen LogP) is 3.81. The molecular formula is C20H21F3N2O3. The quantitative estimate of drug-likeness (QED) is 0.807. The first-order valence-electron chi connectivity index (χ1n) is 8.84. The molecule has 0 radical (unpaired) electrons. The van der Waals surface area contributed by atoms with Gasteiger partial charge in [-0.05, 0) is 48.7 Å². The summed E-state index contributed by atoms with van der Waals surface area (Å²) in [6.07, 6.45) is -4.49. The van der Waals surface area contributed by atoms with Gasteiger partial charge in [-0.1, -0.05) is 12.1 Å². The molecule has 1 N–H and O–H groups in total. The van der Waals surface area contributed by atoms with E-state index in [4.69, 9.17) is 9.84 Å². The first-order chi connectivity index (χ1) is 13.1. The number of aliphatic carboxylic acids is 1. The van der Waals surface area contributed by atoms with Crippen molar-refractivity contribution >= 4 is 5.97 Å². The molecule has 0 aliphatic carbocycles. The number of hydrogen-bond acceptors (Lipinski definition) is 4. The topological polar surface area (TPSA) is 62.7 Å². The van der Waals surface area contributed by atoms with E-state index in [1.165, 1.54) is 12.1 Å². The second-order valence-electron chi connectivity index (χ2n) is 7.07. The van der Waals surface area contributed by atoms with Crippen LogP contribution < -0.4 is 4.74 Å². The predicted molar refractivity (Wildman–Crippen MR) is 95.9 cm³/mol. The zero-order chi connectivity index (χ0) is 20.5. The van der Waals surface area contributed by atoms with Gasteiger partial charge in [-0.25, -0.2) is 4.98 Å². The molecule has 150 valence electrons. The highest BCUT2D eigenvalue weighted by Gasteiger charge is 2.33. The molecule has 0 unspecified atom stereocenters. The summed E-state index contributed by atoms with van der Waals surface area (Å²) < 4.78 is 44.0. The summed E-state index contributed by atoms with van der Waals surface area (Å²) in [7, 11) is 0. The van der Waals surface area contributed by atoms with E-state index in [0.29, 0.717) is 25.4 Å². The highest BCUT2D eigenvalue weighted by atomic mass is 19.4. The Morgan fingerprint density at radius 2 is 1.96 bits per heavy atom. The summed E-state index contributed by atoms with van der Waals surface area (Å²) in [6.45, 7) is 5.47. The Hall–Kier alpha value is -2.61. The van der Waals surface area contributed by atoms with Gasteiger partial charge in [0.25, 0.3) is 0 Å². The van der Waals surface area contributed by atoms with Gasteiger partial charge < -0.3 is 9.84 Å². The number of carboxylic acids is 1. The molecule has 0 atom stereocenters. The fraction of sp³-hybridized carbons (Fsp3) is 0.400. The summed E-state index contributed by atoms with van der Waals surface area (Å²) >= 11 is 0. The maximum atomic E-state index is 12.8. The van der Waals surface area contributed by atoms with Crippen LogP contribution in [0.2, 0.25) is 0 Å². The molecule has 1 aliphatic heterocycles. The average molecular weight is 394 g/mol. The molecule has 2 heterocycles. The molecule has 1 aromatic heterocycles. The van der Waals surface area contributed by atoms with E-state index in [9.17, 15) is 18.0 Å². The molecule has 1 fully saturated rings. The zero-order valence-corrected chi connectivity index (χ0v) is 15.6. The smallest absolute Gasteiger partial charge is 0.433 e. The van der Waals surface area contributed by atoms with Crippen molar-refractivity contribution in [2.24, 2.45) is 5.92 Å². The molecule has 0 amide bonds. The lowest BCUT2D eigenvalue weighted by atomic mass is 9.97. The van der Waals surface area contributed by atoms with Gasteiger partial charge in [0, 0.05) is 19.6 Å². The number of benzene rings is 1. The summed E-state index contributed by atoms with van der Waals surface area (Å²) in [5, 5.41) is 8.96. The number of rotatable bonds is 6. The molecule has 28 heavy (non-hydrogen) atoms. The molecule has 5 nitrogen and oxygen atoms in total. The van der Waals surface area contributed by atoms with E-state index >= 15 is 0 Å². The van der Waals surface area contributed by atoms with Gasteiger partial charge in [0.15, 0.2) is 0 Å². The number of pyridine rings is 1. The third-order valence-corrected chi connectivity index (χ3v) is 4.81. The zero-order valence-electron chi connectivity index (χ0n) is 15.6. The summed E-state index contributed by atoms with van der Waals surface area (Å²) in [4.78, 5) is 16.6. The van der Waals surface area contributed by atoms with Gasteiger partial charge in [-0.3, -0.25) is 9.69 Å². The van der Waals surface area contributed by atoms with Crippen molar-refractivity contribution in [2.45, 2.75) is 33.2 Å². The normalized spacial score (nSPS) is 15.3. The molecular weight excluding hydrogens is 373 g/mol. The molecule has 0 saturated carbocycles. The average Bonchev–Trinajstić information content (AvgIpc) is 2.58. The van der Waals surface area contributed by atoms with Crippen LogP contribution in [0.25, 0.3) is 0 Å². The van der Waals surface area contributed by atoms with Crippen LogP contribution in [-0.2, 0) is 24.1 Å². The monoisotopic (exact) mass is 394 g/mol. The third-order valence-electron chi connectivity index (χ3n) is 4.81. The van der Waals surface area contributed by atoms with Crippen LogP contribution in [0.15, 0.2) is 30.3 Å². The summed E-state index contributed by atoms with van der Waals surface area (Å²) in [5.74, 6) is -0.479. The van der Waals surface area contributed by atoms with Crippen LogP contribution >= 0.6 is 0 Å². The van der Waals surface area contributed by atoms with E-state index < -0.39 is 17.8 Å². The first kappa shape index (κ1) is 20.1. The number of aryl methyl sites for hydroxylation is 2. The van der Waals surface area contributed by atoms with Gasteiger partial charge in [-0.15, -0.1) is 0 Å². The van der Waals surface area contributed by atoms with Crippen molar-refractivity contribution in [1.82, 2.24) is 9.88 Å². The fourth-order valence-corrected chi connectivity index (χ4v) is 3.14. The number of likely N-dealkylation sites (tertiary alicyclic amines) is 1. The number of carbonyl (C=O) groups is 1. The highest BCUT2D eigenvalue weighted by Crippen LogP contribution is 2.29. The second-order valence-corrected chi connectivity index (χ2v) is 7.07. The maximum Gasteiger partial charge on any atom is 0.433 e. The molecule has 2 aromatic rings. The Kier molecular flexibility index (Phi) is 5.60. The van der Waals surface area contributed by atoms with Gasteiger partial charge in [0.1, 0.15) is 18.1 Å². The number of carboxylic acid groups (broad SMARTS) is 1. The third kappa shape index (κ3) is 4.62. The number of halogens is 3. The fourth-order valence-electron chi connectivity index (χ4n) is 3.14. The largest absolute Gasteiger partial charge is 0.487 e. The van der Waals surface area contributed by atoms with E-state index in [1.54, 1.807) is 0 Å². The van der Waals surface area contributed by atoms with Crippen molar-refractivity contribution in [1.29, 1.82) is 0 Å². The van der Waals surface area contributed by atoms with Crippen molar-refractivity contribution in [3.63, 3.8) is 0 Å². The van der Waals surface area contributed by atoms with E-state index in [1.807, 2.05) is 26.0 Å². The molecule has 1 aliphatic rings. The SMILES string of the molecule is Cc1cc(OCc2cccc(C(F)(F)F)n2)c(C)cc1CN1CC(C(=O)O)C1. The first-order valence-corrected chi connectivity index (χ1v) is 8.84. The van der Waals surface area contributed by atoms with Gasteiger partial charge in [0.2, 0.25) is 0 Å². The van der Waals surface area contributed by atoms with E-state index in [0.717, 1.165) is 22.8 Å². The van der Waals surface area contributed by atoms with Crippen LogP contribution in [0.1, 0.15) is 28.1 Å². The molecule has 8 heteroatoms. The lowest BCUT2D eigenvalue weighted by molar-refractivity contribution is -0.147. The Bertz CT molecular complexity index is 877. The standard InChI is InChI=1S/C20H21F3N2O3/c1-12-7-17(28-11-16-4-3-5-18(24-16)20(21,22)23)13(2)6-14(12)8-25-9-15(10-25)19(26)27/h3-7,15H,8-11H2,1-2H3,(H,26,27). The van der Waals surface area contributed by atoms with Crippen LogP contribution in [0.4, 0.5) is 13.2 Å². The minimum Gasteiger partial charge on any atom is -0.487 e. The minimum absolute atomic E-state index is 0.0596. The van der Waals surface area contributed by atoms with Gasteiger partial charge >= 0.3 is 12.1 Å². The van der Waals surface area contributed by atoms with Crippen LogP contribution in [-0.4, -0.2) is 34.0 Å². The Morgan fingerprint density at radius 3 is 2.61 bits per heavy atom. The summed E-state index contributed by atoms with van der Waals surface area (Å²) in [5.41, 5.74) is 2.19. The van der Waals surface area contributed by atoms with E-state index in [2.05, 4.69) is 9.88 Å².